The molecule has 0 aromatic heterocycles. The molecule has 0 rings (SSSR count). The molecule has 0 aliphatic heterocycles. The van der Waals surface area contributed by atoms with Gasteiger partial charge in [0.25, 0.3) is 0 Å². The van der Waals surface area contributed by atoms with E-state index in [0.29, 0.717) is 13.1 Å². The van der Waals surface area contributed by atoms with Crippen LogP contribution in [-0.2, 0) is 4.79 Å². The Kier molecular flexibility index (Phi) is 4.98. The number of hydrogen-bond acceptors (Lipinski definition) is 2. The van der Waals surface area contributed by atoms with Gasteiger partial charge in [0.15, 0.2) is 0 Å². The van der Waals surface area contributed by atoms with E-state index in [1.165, 1.54) is 10.5 Å². The molecule has 1 amide bonds. The largest absolute Gasteiger partial charge is 0.351 e. The maximum absolute atomic E-state index is 10.5. The van der Waals surface area contributed by atoms with Crippen LogP contribution in [0.25, 0.3) is 0 Å². The van der Waals surface area contributed by atoms with Crippen LogP contribution in [0.2, 0.25) is 0 Å². The first-order valence-corrected chi connectivity index (χ1v) is 3.28. The van der Waals surface area contributed by atoms with Crippen LogP contribution in [0, 0.1) is 0 Å². The van der Waals surface area contributed by atoms with Crippen molar-refractivity contribution in [2.45, 2.75) is 0 Å². The third kappa shape index (κ3) is 5.59. The van der Waals surface area contributed by atoms with Gasteiger partial charge in [0, 0.05) is 20.1 Å². The Hall–Kier alpha value is -0.540. The van der Waals surface area contributed by atoms with Gasteiger partial charge in [0.2, 0.25) is 5.91 Å². The fourth-order valence-electron chi connectivity index (χ4n) is 0.405. The van der Waals surface area contributed by atoms with Gasteiger partial charge in [-0.05, 0) is 17.9 Å². The van der Waals surface area contributed by atoms with Gasteiger partial charge in [-0.3, -0.25) is 4.79 Å². The molecule has 4 heteroatoms. The van der Waals surface area contributed by atoms with E-state index in [1.807, 2.05) is 0 Å². The van der Waals surface area contributed by atoms with Crippen LogP contribution in [0.15, 0.2) is 12.7 Å². The average Bonchev–Trinajstić information content (AvgIpc) is 1.87. The Balaban J connectivity index is 3.19. The average molecular weight is 163 g/mol. The lowest BCUT2D eigenvalue weighted by molar-refractivity contribution is -0.116. The molecule has 0 fully saturated rings. The molecule has 1 N–H and O–H groups in total. The second-order valence-corrected chi connectivity index (χ2v) is 2.40. The second-order valence-electron chi connectivity index (χ2n) is 1.82. The van der Waals surface area contributed by atoms with Crippen molar-refractivity contribution in [1.82, 2.24) is 9.74 Å². The topological polar surface area (TPSA) is 32.3 Å². The molecule has 0 heterocycles. The minimum atomic E-state index is -0.168. The maximum atomic E-state index is 10.5. The van der Waals surface area contributed by atoms with Crippen LogP contribution >= 0.6 is 11.8 Å². The Morgan fingerprint density at radius 1 is 1.90 bits per heavy atom. The summed E-state index contributed by atoms with van der Waals surface area (Å²) < 4.78 is 1.48. The predicted octanol–water partition coefficient (Wildman–Crippen LogP) is 0.374. The molecule has 10 heavy (non-hydrogen) atoms. The number of amides is 1. The number of rotatable bonds is 4. The van der Waals surface area contributed by atoms with E-state index >= 15 is 0 Å². The van der Waals surface area contributed by atoms with Crippen LogP contribution in [0.4, 0.5) is 0 Å². The lowest BCUT2D eigenvalue weighted by Crippen LogP contribution is -2.28. The van der Waals surface area contributed by atoms with Gasteiger partial charge in [0.1, 0.15) is 0 Å². The number of hydrogen-bond donors (Lipinski definition) is 1. The van der Waals surface area contributed by atoms with E-state index in [-0.39, 0.29) is 5.91 Å². The number of carbonyl (C=O) groups is 1. The molecule has 0 aliphatic rings. The molecule has 0 aromatic carbocycles. The Morgan fingerprint density at radius 2 is 2.50 bits per heavy atom. The van der Waals surface area contributed by atoms with Crippen molar-refractivity contribution in [2.24, 2.45) is 0 Å². The molecular formula is C6H11ClN2O. The van der Waals surface area contributed by atoms with Crippen LogP contribution in [0.5, 0.6) is 0 Å². The minimum absolute atomic E-state index is 0.168. The second kappa shape index (κ2) is 5.26. The quantitative estimate of drug-likeness (QED) is 0.479. The first-order valence-electron chi connectivity index (χ1n) is 2.94. The summed E-state index contributed by atoms with van der Waals surface area (Å²) in [6, 6.07) is 0. The molecule has 0 spiro atoms. The molecule has 0 aliphatic carbocycles. The molecule has 0 unspecified atom stereocenters. The van der Waals surface area contributed by atoms with Crippen molar-refractivity contribution < 1.29 is 4.79 Å². The monoisotopic (exact) mass is 162 g/mol. The number of carbonyl (C=O) groups excluding carboxylic acids is 1. The van der Waals surface area contributed by atoms with Crippen molar-refractivity contribution >= 4 is 17.7 Å². The van der Waals surface area contributed by atoms with Gasteiger partial charge in [-0.1, -0.05) is 6.58 Å². The van der Waals surface area contributed by atoms with Gasteiger partial charge in [-0.25, -0.2) is 4.42 Å². The summed E-state index contributed by atoms with van der Waals surface area (Å²) >= 11 is 5.46. The molecule has 0 saturated heterocycles. The molecule has 0 saturated carbocycles. The Labute approximate surface area is 65.8 Å². The standard InChI is InChI=1S/C6H11ClN2O/c1-3-6(10)8-4-5-9(2)7/h3H,1,4-5H2,2H3,(H,8,10). The summed E-state index contributed by atoms with van der Waals surface area (Å²) in [6.07, 6.45) is 1.23. The summed E-state index contributed by atoms with van der Waals surface area (Å²) in [5.74, 6) is -0.168. The Bertz CT molecular complexity index is 125. The third-order valence-corrected chi connectivity index (χ3v) is 1.07. The van der Waals surface area contributed by atoms with Gasteiger partial charge < -0.3 is 5.32 Å². The first kappa shape index (κ1) is 9.46. The first-order chi connectivity index (χ1) is 4.66. The normalized spacial score (nSPS) is 9.50. The summed E-state index contributed by atoms with van der Waals surface area (Å²) in [5, 5.41) is 2.58. The number of nitrogens with one attached hydrogen (secondary N) is 1. The van der Waals surface area contributed by atoms with E-state index in [1.54, 1.807) is 7.05 Å². The highest BCUT2D eigenvalue weighted by Crippen LogP contribution is 1.82. The molecule has 3 nitrogen and oxygen atoms in total. The molecule has 0 aromatic rings. The fraction of sp³-hybridized carbons (Fsp3) is 0.500. The number of likely N-dealkylation sites (N-methyl/N-ethyl adjacent to an activating group) is 1. The van der Waals surface area contributed by atoms with Crippen molar-refractivity contribution in [1.29, 1.82) is 0 Å². The maximum Gasteiger partial charge on any atom is 0.243 e. The molecule has 58 valence electrons. The summed E-state index contributed by atoms with van der Waals surface area (Å²) in [5.41, 5.74) is 0. The summed E-state index contributed by atoms with van der Waals surface area (Å²) in [6.45, 7) is 4.47. The zero-order valence-corrected chi connectivity index (χ0v) is 6.69. The molecule has 0 radical (unpaired) electrons. The Morgan fingerprint density at radius 3 is 2.90 bits per heavy atom. The van der Waals surface area contributed by atoms with Crippen LogP contribution in [0.3, 0.4) is 0 Å². The highest BCUT2D eigenvalue weighted by atomic mass is 35.5. The van der Waals surface area contributed by atoms with Gasteiger partial charge in [-0.2, -0.15) is 0 Å². The van der Waals surface area contributed by atoms with Crippen LogP contribution < -0.4 is 5.32 Å². The molecule has 0 bridgehead atoms. The van der Waals surface area contributed by atoms with Crippen LogP contribution in [0.1, 0.15) is 0 Å². The lowest BCUT2D eigenvalue weighted by Gasteiger charge is -2.05. The highest BCUT2D eigenvalue weighted by Gasteiger charge is 1.93. The number of halogens is 1. The van der Waals surface area contributed by atoms with Gasteiger partial charge in [0.05, 0.1) is 0 Å². The highest BCUT2D eigenvalue weighted by molar-refractivity contribution is 6.13. The SMILES string of the molecule is C=CC(=O)NCCN(C)Cl. The summed E-state index contributed by atoms with van der Waals surface area (Å²) in [4.78, 5) is 10.5. The minimum Gasteiger partial charge on any atom is -0.351 e. The lowest BCUT2D eigenvalue weighted by atomic mass is 10.5. The van der Waals surface area contributed by atoms with Crippen molar-refractivity contribution in [3.05, 3.63) is 12.7 Å². The van der Waals surface area contributed by atoms with E-state index in [9.17, 15) is 4.79 Å². The smallest absolute Gasteiger partial charge is 0.243 e. The third-order valence-electron chi connectivity index (χ3n) is 0.905. The fourth-order valence-corrected chi connectivity index (χ4v) is 0.490. The van der Waals surface area contributed by atoms with Crippen molar-refractivity contribution in [3.63, 3.8) is 0 Å². The van der Waals surface area contributed by atoms with E-state index in [4.69, 9.17) is 11.8 Å². The molecular weight excluding hydrogens is 152 g/mol. The van der Waals surface area contributed by atoms with Crippen molar-refractivity contribution in [3.8, 4) is 0 Å². The van der Waals surface area contributed by atoms with Gasteiger partial charge >= 0.3 is 0 Å². The summed E-state index contributed by atoms with van der Waals surface area (Å²) in [7, 11) is 1.72. The van der Waals surface area contributed by atoms with E-state index in [2.05, 4.69) is 11.9 Å². The zero-order valence-electron chi connectivity index (χ0n) is 5.93. The predicted molar refractivity (Wildman–Crippen MR) is 41.7 cm³/mol. The van der Waals surface area contributed by atoms with Crippen LogP contribution in [-0.4, -0.2) is 30.5 Å². The van der Waals surface area contributed by atoms with E-state index in [0.717, 1.165) is 0 Å². The van der Waals surface area contributed by atoms with E-state index < -0.39 is 0 Å². The molecule has 0 atom stereocenters. The van der Waals surface area contributed by atoms with Crippen molar-refractivity contribution in [2.75, 3.05) is 20.1 Å². The van der Waals surface area contributed by atoms with Gasteiger partial charge in [-0.15, -0.1) is 0 Å². The number of nitrogens with zero attached hydrogens (tertiary/aromatic N) is 1. The zero-order chi connectivity index (χ0) is 7.98.